The Kier molecular flexibility index (Phi) is 7.13. The molecule has 0 unspecified atom stereocenters. The first-order valence-corrected chi connectivity index (χ1v) is 10.0. The number of rotatable bonds is 8. The minimum absolute atomic E-state index is 0.0682. The Morgan fingerprint density at radius 3 is 2.36 bits per heavy atom. The third kappa shape index (κ3) is 6.07. The average molecular weight is 406 g/mol. The van der Waals surface area contributed by atoms with Gasteiger partial charge in [-0.05, 0) is 49.2 Å². The van der Waals surface area contributed by atoms with Crippen molar-refractivity contribution >= 4 is 27.6 Å². The van der Waals surface area contributed by atoms with E-state index in [1.54, 1.807) is 13.2 Å². The summed E-state index contributed by atoms with van der Waals surface area (Å²) in [7, 11) is -2.25. The highest BCUT2D eigenvalue weighted by molar-refractivity contribution is 7.89. The Hall–Kier alpha value is -2.91. The Morgan fingerprint density at radius 2 is 1.75 bits per heavy atom. The van der Waals surface area contributed by atoms with Crippen LogP contribution < -0.4 is 15.2 Å². The topological polar surface area (TPSA) is 125 Å². The number of aryl methyl sites for hydroxylation is 1. The van der Waals surface area contributed by atoms with Crippen LogP contribution in [-0.4, -0.2) is 33.5 Å². The van der Waals surface area contributed by atoms with Crippen molar-refractivity contribution in [2.75, 3.05) is 12.4 Å². The number of benzene rings is 2. The first kappa shape index (κ1) is 21.4. The van der Waals surface area contributed by atoms with Crippen LogP contribution in [0.1, 0.15) is 18.9 Å². The highest BCUT2D eigenvalue weighted by Crippen LogP contribution is 2.19. The number of methoxy groups -OCH3 is 1. The lowest BCUT2D eigenvalue weighted by Crippen LogP contribution is -2.30. The van der Waals surface area contributed by atoms with E-state index in [9.17, 15) is 18.0 Å². The zero-order valence-corrected chi connectivity index (χ0v) is 16.4. The van der Waals surface area contributed by atoms with Crippen LogP contribution in [0.25, 0.3) is 0 Å². The summed E-state index contributed by atoms with van der Waals surface area (Å²) in [5.41, 5.74) is 1.23. The molecule has 3 N–H and O–H groups in total. The van der Waals surface area contributed by atoms with Crippen molar-refractivity contribution in [2.24, 2.45) is 5.14 Å². The largest absolute Gasteiger partial charge is 0.496 e. The van der Waals surface area contributed by atoms with Gasteiger partial charge < -0.3 is 14.8 Å². The number of sulfonamides is 1. The molecule has 0 saturated heterocycles. The van der Waals surface area contributed by atoms with E-state index in [0.717, 1.165) is 5.56 Å². The molecule has 0 heterocycles. The van der Waals surface area contributed by atoms with Crippen molar-refractivity contribution in [3.05, 3.63) is 54.1 Å². The number of nitrogens with one attached hydrogen (secondary N) is 1. The molecule has 0 bridgehead atoms. The molecule has 1 atom stereocenters. The molecule has 0 saturated carbocycles. The van der Waals surface area contributed by atoms with E-state index in [1.165, 1.54) is 31.2 Å². The Morgan fingerprint density at radius 1 is 1.11 bits per heavy atom. The molecule has 0 aliphatic heterocycles. The lowest BCUT2D eigenvalue weighted by atomic mass is 10.1. The number of hydrogen-bond acceptors (Lipinski definition) is 6. The zero-order chi connectivity index (χ0) is 20.7. The number of esters is 1. The quantitative estimate of drug-likeness (QED) is 0.645. The van der Waals surface area contributed by atoms with Gasteiger partial charge in [-0.1, -0.05) is 18.2 Å². The Labute approximate surface area is 163 Å². The molecule has 0 spiro atoms. The number of anilines is 1. The van der Waals surface area contributed by atoms with Gasteiger partial charge in [0, 0.05) is 12.1 Å². The molecule has 0 fully saturated rings. The Bertz CT molecular complexity index is 941. The van der Waals surface area contributed by atoms with Crippen LogP contribution in [-0.2, 0) is 30.8 Å². The molecular weight excluding hydrogens is 384 g/mol. The van der Waals surface area contributed by atoms with Gasteiger partial charge in [-0.2, -0.15) is 0 Å². The van der Waals surface area contributed by atoms with Crippen molar-refractivity contribution in [1.29, 1.82) is 0 Å². The van der Waals surface area contributed by atoms with Gasteiger partial charge in [0.2, 0.25) is 10.0 Å². The predicted octanol–water partition coefficient (Wildman–Crippen LogP) is 1.85. The third-order valence-electron chi connectivity index (χ3n) is 3.92. The second-order valence-electron chi connectivity index (χ2n) is 6.00. The fourth-order valence-corrected chi connectivity index (χ4v) is 2.94. The van der Waals surface area contributed by atoms with E-state index in [2.05, 4.69) is 5.32 Å². The fourth-order valence-electron chi connectivity index (χ4n) is 2.43. The fraction of sp³-hybridized carbons (Fsp3) is 0.263. The zero-order valence-electron chi connectivity index (χ0n) is 15.5. The standard InChI is InChI=1S/C19H22N2O6S/c1-13(19(23)21-15-8-10-16(11-9-15)28(20,24)25)27-18(22)12-7-14-5-3-4-6-17(14)26-2/h3-6,8-11,13H,7,12H2,1-2H3,(H,21,23)(H2,20,24,25)/t13-/m1/s1. The summed E-state index contributed by atoms with van der Waals surface area (Å²) in [5.74, 6) is -0.365. The van der Waals surface area contributed by atoms with Crippen LogP contribution >= 0.6 is 0 Å². The summed E-state index contributed by atoms with van der Waals surface area (Å²) >= 11 is 0. The van der Waals surface area contributed by atoms with Crippen LogP contribution in [0, 0.1) is 0 Å². The molecule has 2 aromatic rings. The van der Waals surface area contributed by atoms with E-state index >= 15 is 0 Å². The minimum atomic E-state index is -3.81. The summed E-state index contributed by atoms with van der Waals surface area (Å²) in [6, 6.07) is 12.7. The van der Waals surface area contributed by atoms with Gasteiger partial charge in [0.25, 0.3) is 5.91 Å². The van der Waals surface area contributed by atoms with Gasteiger partial charge in [-0.3, -0.25) is 9.59 Å². The molecule has 0 aromatic heterocycles. The molecule has 150 valence electrons. The molecule has 2 rings (SSSR count). The Balaban J connectivity index is 1.86. The third-order valence-corrected chi connectivity index (χ3v) is 4.85. The molecule has 0 aliphatic rings. The first-order chi connectivity index (χ1) is 13.2. The molecule has 9 heteroatoms. The average Bonchev–Trinajstić information content (AvgIpc) is 2.66. The molecule has 28 heavy (non-hydrogen) atoms. The highest BCUT2D eigenvalue weighted by Gasteiger charge is 2.18. The predicted molar refractivity (Wildman–Crippen MR) is 103 cm³/mol. The maximum absolute atomic E-state index is 12.2. The summed E-state index contributed by atoms with van der Waals surface area (Å²) in [6.07, 6.45) is -0.490. The summed E-state index contributed by atoms with van der Waals surface area (Å²) in [6.45, 7) is 1.45. The van der Waals surface area contributed by atoms with Crippen LogP contribution in [0.3, 0.4) is 0 Å². The highest BCUT2D eigenvalue weighted by atomic mass is 32.2. The van der Waals surface area contributed by atoms with Crippen molar-refractivity contribution < 1.29 is 27.5 Å². The van der Waals surface area contributed by atoms with Gasteiger partial charge in [-0.25, -0.2) is 13.6 Å². The van der Waals surface area contributed by atoms with Crippen molar-refractivity contribution in [2.45, 2.75) is 30.8 Å². The van der Waals surface area contributed by atoms with Gasteiger partial charge in [0.05, 0.1) is 12.0 Å². The van der Waals surface area contributed by atoms with Crippen LogP contribution in [0.15, 0.2) is 53.4 Å². The van der Waals surface area contributed by atoms with Crippen LogP contribution in [0.4, 0.5) is 5.69 Å². The number of amides is 1. The van der Waals surface area contributed by atoms with Crippen molar-refractivity contribution in [1.82, 2.24) is 0 Å². The van der Waals surface area contributed by atoms with E-state index in [1.807, 2.05) is 18.2 Å². The van der Waals surface area contributed by atoms with Gasteiger partial charge in [-0.15, -0.1) is 0 Å². The SMILES string of the molecule is COc1ccccc1CCC(=O)O[C@H](C)C(=O)Nc1ccc(S(N)(=O)=O)cc1. The van der Waals surface area contributed by atoms with Crippen molar-refractivity contribution in [3.8, 4) is 5.75 Å². The second-order valence-corrected chi connectivity index (χ2v) is 7.56. The molecule has 1 amide bonds. The summed E-state index contributed by atoms with van der Waals surface area (Å²) < 4.78 is 32.8. The maximum Gasteiger partial charge on any atom is 0.306 e. The number of nitrogens with two attached hydrogens (primary N) is 1. The number of para-hydroxylation sites is 1. The summed E-state index contributed by atoms with van der Waals surface area (Å²) in [5, 5.41) is 7.57. The minimum Gasteiger partial charge on any atom is -0.496 e. The molecular formula is C19H22N2O6S. The van der Waals surface area contributed by atoms with E-state index in [0.29, 0.717) is 17.9 Å². The monoisotopic (exact) mass is 406 g/mol. The van der Waals surface area contributed by atoms with Crippen LogP contribution in [0.2, 0.25) is 0 Å². The number of carbonyl (C=O) groups is 2. The van der Waals surface area contributed by atoms with Gasteiger partial charge in [0.15, 0.2) is 6.10 Å². The molecule has 8 nitrogen and oxygen atoms in total. The number of carbonyl (C=O) groups excluding carboxylic acids is 2. The lowest BCUT2D eigenvalue weighted by molar-refractivity contribution is -0.153. The van der Waals surface area contributed by atoms with E-state index in [4.69, 9.17) is 14.6 Å². The normalized spacial score (nSPS) is 12.1. The smallest absolute Gasteiger partial charge is 0.306 e. The maximum atomic E-state index is 12.2. The van der Waals surface area contributed by atoms with E-state index in [-0.39, 0.29) is 11.3 Å². The number of ether oxygens (including phenoxy) is 2. The first-order valence-electron chi connectivity index (χ1n) is 8.46. The summed E-state index contributed by atoms with van der Waals surface area (Å²) in [4.78, 5) is 24.1. The van der Waals surface area contributed by atoms with E-state index < -0.39 is 28.0 Å². The van der Waals surface area contributed by atoms with Crippen molar-refractivity contribution in [3.63, 3.8) is 0 Å². The van der Waals surface area contributed by atoms with Gasteiger partial charge >= 0.3 is 5.97 Å². The second kappa shape index (κ2) is 9.34. The van der Waals surface area contributed by atoms with Gasteiger partial charge in [0.1, 0.15) is 5.75 Å². The number of hydrogen-bond donors (Lipinski definition) is 2. The molecule has 0 aliphatic carbocycles. The molecule has 2 aromatic carbocycles. The van der Waals surface area contributed by atoms with Crippen LogP contribution in [0.5, 0.6) is 5.75 Å². The lowest BCUT2D eigenvalue weighted by Gasteiger charge is -2.14. The number of primary sulfonamides is 1. The molecule has 0 radical (unpaired) electrons.